The summed E-state index contributed by atoms with van der Waals surface area (Å²) >= 11 is 1.64. The molecule has 1 rings (SSSR count). The van der Waals surface area contributed by atoms with Crippen molar-refractivity contribution in [2.45, 2.75) is 6.92 Å². The van der Waals surface area contributed by atoms with Gasteiger partial charge in [0.25, 0.3) is 0 Å². The van der Waals surface area contributed by atoms with Crippen LogP contribution in [0.1, 0.15) is 5.56 Å². The highest BCUT2D eigenvalue weighted by Crippen LogP contribution is 2.07. The van der Waals surface area contributed by atoms with Gasteiger partial charge in [0.2, 0.25) is 5.88 Å². The molecule has 60 valence electrons. The third kappa shape index (κ3) is 2.80. The van der Waals surface area contributed by atoms with Gasteiger partial charge in [0, 0.05) is 12.3 Å². The van der Waals surface area contributed by atoms with Crippen molar-refractivity contribution in [3.05, 3.63) is 23.9 Å². The van der Waals surface area contributed by atoms with E-state index in [4.69, 9.17) is 4.74 Å². The van der Waals surface area contributed by atoms with E-state index in [1.807, 2.05) is 25.3 Å². The zero-order valence-electron chi connectivity index (χ0n) is 6.70. The Morgan fingerprint density at radius 1 is 1.55 bits per heavy atom. The Kier molecular flexibility index (Phi) is 3.23. The molecule has 0 unspecified atom stereocenters. The molecule has 1 heterocycles. The molecule has 0 saturated heterocycles. The zero-order chi connectivity index (χ0) is 8.10. The van der Waals surface area contributed by atoms with Crippen molar-refractivity contribution in [3.63, 3.8) is 0 Å². The van der Waals surface area contributed by atoms with E-state index in [2.05, 4.69) is 4.98 Å². The van der Waals surface area contributed by atoms with Gasteiger partial charge in [-0.25, -0.2) is 4.98 Å². The second-order valence-corrected chi connectivity index (χ2v) is 3.04. The normalized spacial score (nSPS) is 9.64. The van der Waals surface area contributed by atoms with Gasteiger partial charge in [0.15, 0.2) is 0 Å². The predicted octanol–water partition coefficient (Wildman–Crippen LogP) is 2.09. The molecule has 0 spiro atoms. The van der Waals surface area contributed by atoms with Crippen LogP contribution in [0.3, 0.4) is 0 Å². The van der Waals surface area contributed by atoms with Gasteiger partial charge >= 0.3 is 0 Å². The van der Waals surface area contributed by atoms with Gasteiger partial charge in [-0.15, -0.1) is 11.8 Å². The average molecular weight is 169 g/mol. The molecule has 2 nitrogen and oxygen atoms in total. The highest BCUT2D eigenvalue weighted by molar-refractivity contribution is 7.98. The molecule has 0 aliphatic carbocycles. The van der Waals surface area contributed by atoms with Gasteiger partial charge in [-0.2, -0.15) is 0 Å². The second-order valence-electron chi connectivity index (χ2n) is 2.22. The summed E-state index contributed by atoms with van der Waals surface area (Å²) in [6, 6.07) is 3.87. The van der Waals surface area contributed by atoms with Crippen molar-refractivity contribution in [3.8, 4) is 5.88 Å². The molecule has 0 radical (unpaired) electrons. The van der Waals surface area contributed by atoms with Crippen LogP contribution in [0.5, 0.6) is 5.88 Å². The van der Waals surface area contributed by atoms with Crippen LogP contribution in [0, 0.1) is 6.92 Å². The monoisotopic (exact) mass is 169 g/mol. The highest BCUT2D eigenvalue weighted by Gasteiger charge is 1.91. The fourth-order valence-corrected chi connectivity index (χ4v) is 0.898. The minimum Gasteiger partial charge on any atom is -0.467 e. The Labute approximate surface area is 71.0 Å². The first-order valence-electron chi connectivity index (χ1n) is 3.37. The Balaban J connectivity index is 2.52. The molecule has 0 atom stereocenters. The van der Waals surface area contributed by atoms with Crippen molar-refractivity contribution in [1.82, 2.24) is 4.98 Å². The molecule has 0 bridgehead atoms. The van der Waals surface area contributed by atoms with Gasteiger partial charge < -0.3 is 4.74 Å². The summed E-state index contributed by atoms with van der Waals surface area (Å²) in [4.78, 5) is 4.08. The fraction of sp³-hybridized carbons (Fsp3) is 0.375. The SMILES string of the molecule is CSCOc1ccc(C)cn1. The summed E-state index contributed by atoms with van der Waals surface area (Å²) in [5, 5.41) is 0. The maximum atomic E-state index is 5.26. The number of ether oxygens (including phenoxy) is 1. The smallest absolute Gasteiger partial charge is 0.214 e. The first-order valence-corrected chi connectivity index (χ1v) is 4.76. The van der Waals surface area contributed by atoms with E-state index in [9.17, 15) is 0 Å². The van der Waals surface area contributed by atoms with E-state index in [0.29, 0.717) is 11.8 Å². The largest absolute Gasteiger partial charge is 0.467 e. The number of aromatic nitrogens is 1. The van der Waals surface area contributed by atoms with Crippen molar-refractivity contribution >= 4 is 11.8 Å². The minimum atomic E-state index is 0.663. The standard InChI is InChI=1S/C8H11NOS/c1-7-3-4-8(9-5-7)10-6-11-2/h3-5H,6H2,1-2H3. The molecule has 0 fully saturated rings. The second kappa shape index (κ2) is 4.23. The van der Waals surface area contributed by atoms with Crippen molar-refractivity contribution in [1.29, 1.82) is 0 Å². The van der Waals surface area contributed by atoms with Crippen LogP contribution in [0.25, 0.3) is 0 Å². The summed E-state index contributed by atoms with van der Waals surface area (Å²) in [6.45, 7) is 2.01. The zero-order valence-corrected chi connectivity index (χ0v) is 7.52. The third-order valence-corrected chi connectivity index (χ3v) is 1.56. The molecule has 0 amide bonds. The maximum Gasteiger partial charge on any atom is 0.214 e. The highest BCUT2D eigenvalue weighted by atomic mass is 32.2. The number of nitrogens with zero attached hydrogens (tertiary/aromatic N) is 1. The molecule has 1 aromatic heterocycles. The molecule has 11 heavy (non-hydrogen) atoms. The fourth-order valence-electron chi connectivity index (χ4n) is 0.659. The van der Waals surface area contributed by atoms with Crippen molar-refractivity contribution < 1.29 is 4.74 Å². The Morgan fingerprint density at radius 3 is 2.91 bits per heavy atom. The topological polar surface area (TPSA) is 22.1 Å². The van der Waals surface area contributed by atoms with Crippen LogP contribution < -0.4 is 4.74 Å². The first kappa shape index (κ1) is 8.40. The van der Waals surface area contributed by atoms with Gasteiger partial charge in [-0.3, -0.25) is 0 Å². The maximum absolute atomic E-state index is 5.26. The molecule has 1 aromatic rings. The summed E-state index contributed by atoms with van der Waals surface area (Å²) in [5.74, 6) is 1.36. The van der Waals surface area contributed by atoms with Gasteiger partial charge in [-0.05, 0) is 18.7 Å². The third-order valence-electron chi connectivity index (χ3n) is 1.21. The number of aryl methyl sites for hydroxylation is 1. The van der Waals surface area contributed by atoms with Gasteiger partial charge in [0.05, 0.1) is 0 Å². The summed E-state index contributed by atoms with van der Waals surface area (Å²) in [5.41, 5.74) is 1.15. The van der Waals surface area contributed by atoms with Crippen LogP contribution >= 0.6 is 11.8 Å². The van der Waals surface area contributed by atoms with Crippen LogP contribution in [0.15, 0.2) is 18.3 Å². The van der Waals surface area contributed by atoms with Gasteiger partial charge in [-0.1, -0.05) is 6.07 Å². The Morgan fingerprint density at radius 2 is 2.36 bits per heavy atom. The lowest BCUT2D eigenvalue weighted by molar-refractivity contribution is 0.377. The lowest BCUT2D eigenvalue weighted by Gasteiger charge is -2.01. The molecule has 3 heteroatoms. The molecule has 0 aliphatic rings. The quantitative estimate of drug-likeness (QED) is 0.647. The number of thioether (sulfide) groups is 1. The minimum absolute atomic E-state index is 0.663. The lowest BCUT2D eigenvalue weighted by atomic mass is 10.3. The van der Waals surface area contributed by atoms with E-state index in [-0.39, 0.29) is 0 Å². The van der Waals surface area contributed by atoms with Gasteiger partial charge in [0.1, 0.15) is 5.94 Å². The van der Waals surface area contributed by atoms with Crippen LogP contribution in [-0.2, 0) is 0 Å². The van der Waals surface area contributed by atoms with Crippen LogP contribution in [0.4, 0.5) is 0 Å². The van der Waals surface area contributed by atoms with Crippen LogP contribution in [-0.4, -0.2) is 17.2 Å². The number of rotatable bonds is 3. The van der Waals surface area contributed by atoms with E-state index in [1.54, 1.807) is 18.0 Å². The lowest BCUT2D eigenvalue weighted by Crippen LogP contribution is -1.93. The van der Waals surface area contributed by atoms with E-state index < -0.39 is 0 Å². The number of hydrogen-bond donors (Lipinski definition) is 0. The van der Waals surface area contributed by atoms with Crippen molar-refractivity contribution in [2.75, 3.05) is 12.2 Å². The Bertz CT molecular complexity index is 210. The number of hydrogen-bond acceptors (Lipinski definition) is 3. The summed E-state index contributed by atoms with van der Waals surface area (Å²) in [6.07, 6.45) is 3.80. The molecule has 0 aliphatic heterocycles. The van der Waals surface area contributed by atoms with Crippen molar-refractivity contribution in [2.24, 2.45) is 0 Å². The summed E-state index contributed by atoms with van der Waals surface area (Å²) < 4.78 is 5.26. The first-order chi connectivity index (χ1) is 5.33. The number of pyridine rings is 1. The van der Waals surface area contributed by atoms with Crippen LogP contribution in [0.2, 0.25) is 0 Å². The Hall–Kier alpha value is -0.700. The summed E-state index contributed by atoms with van der Waals surface area (Å²) in [7, 11) is 0. The van der Waals surface area contributed by atoms with E-state index in [0.717, 1.165) is 5.56 Å². The predicted molar refractivity (Wildman–Crippen MR) is 48.0 cm³/mol. The molecule has 0 saturated carbocycles. The average Bonchev–Trinajstić information content (AvgIpc) is 2.04. The van der Waals surface area contributed by atoms with E-state index in [1.165, 1.54) is 0 Å². The molecule has 0 N–H and O–H groups in total. The van der Waals surface area contributed by atoms with E-state index >= 15 is 0 Å². The molecular formula is C8H11NOS. The molecule has 0 aromatic carbocycles. The molecular weight excluding hydrogens is 158 g/mol.